The molecule has 0 radical (unpaired) electrons. The first-order valence-corrected chi connectivity index (χ1v) is 4.66. The molecule has 1 fully saturated rings. The molecule has 2 atom stereocenters. The molecule has 0 saturated carbocycles. The molecule has 3 nitrogen and oxygen atoms in total. The van der Waals surface area contributed by atoms with Crippen LogP contribution >= 0.6 is 0 Å². The SMILES string of the molecule is CC(C#N)CNCC1CCCN1. The van der Waals surface area contributed by atoms with E-state index in [1.165, 1.54) is 12.8 Å². The second-order valence-electron chi connectivity index (χ2n) is 3.48. The van der Waals surface area contributed by atoms with Crippen LogP contribution in [0.1, 0.15) is 19.8 Å². The number of hydrogen-bond donors (Lipinski definition) is 2. The third-order valence-corrected chi connectivity index (χ3v) is 2.22. The molecule has 2 N–H and O–H groups in total. The molecule has 2 unspecified atom stereocenters. The van der Waals surface area contributed by atoms with Crippen LogP contribution in [0.2, 0.25) is 0 Å². The van der Waals surface area contributed by atoms with Crippen molar-refractivity contribution in [2.75, 3.05) is 19.6 Å². The van der Waals surface area contributed by atoms with E-state index >= 15 is 0 Å². The van der Waals surface area contributed by atoms with Gasteiger partial charge in [-0.3, -0.25) is 0 Å². The highest BCUT2D eigenvalue weighted by Crippen LogP contribution is 2.03. The van der Waals surface area contributed by atoms with Gasteiger partial charge in [0.1, 0.15) is 0 Å². The summed E-state index contributed by atoms with van der Waals surface area (Å²) in [6, 6.07) is 2.84. The molecule has 12 heavy (non-hydrogen) atoms. The minimum Gasteiger partial charge on any atom is -0.314 e. The van der Waals surface area contributed by atoms with Crippen molar-refractivity contribution in [2.24, 2.45) is 5.92 Å². The Balaban J connectivity index is 1.98. The Morgan fingerprint density at radius 1 is 1.75 bits per heavy atom. The van der Waals surface area contributed by atoms with Crippen molar-refractivity contribution in [3.05, 3.63) is 0 Å². The smallest absolute Gasteiger partial charge is 0.0666 e. The molecule has 0 aliphatic carbocycles. The number of nitriles is 1. The second kappa shape index (κ2) is 5.13. The number of hydrogen-bond acceptors (Lipinski definition) is 3. The maximum atomic E-state index is 8.52. The molecule has 0 bridgehead atoms. The van der Waals surface area contributed by atoms with Gasteiger partial charge in [-0.25, -0.2) is 0 Å². The lowest BCUT2D eigenvalue weighted by Gasteiger charge is -2.11. The van der Waals surface area contributed by atoms with Gasteiger partial charge in [0.2, 0.25) is 0 Å². The van der Waals surface area contributed by atoms with E-state index in [9.17, 15) is 0 Å². The van der Waals surface area contributed by atoms with Crippen molar-refractivity contribution in [2.45, 2.75) is 25.8 Å². The molecule has 1 heterocycles. The maximum absolute atomic E-state index is 8.52. The third-order valence-electron chi connectivity index (χ3n) is 2.22. The fraction of sp³-hybridized carbons (Fsp3) is 0.889. The lowest BCUT2D eigenvalue weighted by atomic mass is 10.2. The third kappa shape index (κ3) is 3.21. The van der Waals surface area contributed by atoms with Crippen LogP contribution in [0.4, 0.5) is 0 Å². The summed E-state index contributed by atoms with van der Waals surface area (Å²) >= 11 is 0. The Kier molecular flexibility index (Phi) is 4.06. The Morgan fingerprint density at radius 2 is 2.58 bits per heavy atom. The van der Waals surface area contributed by atoms with E-state index < -0.39 is 0 Å². The standard InChI is InChI=1S/C9H17N3/c1-8(5-10)6-11-7-9-3-2-4-12-9/h8-9,11-12H,2-4,6-7H2,1H3. The minimum atomic E-state index is 0.131. The van der Waals surface area contributed by atoms with E-state index in [0.29, 0.717) is 6.04 Å². The molecule has 68 valence electrons. The molecule has 0 spiro atoms. The Morgan fingerprint density at radius 3 is 3.17 bits per heavy atom. The van der Waals surface area contributed by atoms with Gasteiger partial charge in [-0.1, -0.05) is 0 Å². The molecule has 1 rings (SSSR count). The van der Waals surface area contributed by atoms with Crippen LogP contribution in [-0.2, 0) is 0 Å². The van der Waals surface area contributed by atoms with Gasteiger partial charge in [-0.05, 0) is 26.3 Å². The zero-order valence-electron chi connectivity index (χ0n) is 7.64. The fourth-order valence-electron chi connectivity index (χ4n) is 1.45. The van der Waals surface area contributed by atoms with Crippen LogP contribution in [0, 0.1) is 17.2 Å². The van der Waals surface area contributed by atoms with Crippen molar-refractivity contribution in [3.63, 3.8) is 0 Å². The first-order valence-electron chi connectivity index (χ1n) is 4.66. The lowest BCUT2D eigenvalue weighted by molar-refractivity contribution is 0.512. The molecule has 1 saturated heterocycles. The summed E-state index contributed by atoms with van der Waals surface area (Å²) in [6.07, 6.45) is 2.56. The quantitative estimate of drug-likeness (QED) is 0.640. The van der Waals surface area contributed by atoms with Gasteiger partial charge < -0.3 is 10.6 Å². The number of rotatable bonds is 4. The molecular formula is C9H17N3. The summed E-state index contributed by atoms with van der Waals surface area (Å²) in [4.78, 5) is 0. The van der Waals surface area contributed by atoms with Crippen molar-refractivity contribution in [1.82, 2.24) is 10.6 Å². The monoisotopic (exact) mass is 167 g/mol. The van der Waals surface area contributed by atoms with Gasteiger partial charge >= 0.3 is 0 Å². The lowest BCUT2D eigenvalue weighted by Crippen LogP contribution is -2.35. The summed E-state index contributed by atoms with van der Waals surface area (Å²) in [6.45, 7) is 4.91. The average molecular weight is 167 g/mol. The zero-order valence-corrected chi connectivity index (χ0v) is 7.64. The normalized spacial score (nSPS) is 25.2. The van der Waals surface area contributed by atoms with Gasteiger partial charge in [0, 0.05) is 19.1 Å². The van der Waals surface area contributed by atoms with Crippen molar-refractivity contribution >= 4 is 0 Å². The molecule has 1 aliphatic rings. The minimum absolute atomic E-state index is 0.131. The average Bonchev–Trinajstić information content (AvgIpc) is 2.57. The van der Waals surface area contributed by atoms with E-state index in [1.54, 1.807) is 0 Å². The van der Waals surface area contributed by atoms with Gasteiger partial charge in [-0.15, -0.1) is 0 Å². The van der Waals surface area contributed by atoms with E-state index in [-0.39, 0.29) is 5.92 Å². The largest absolute Gasteiger partial charge is 0.314 e. The van der Waals surface area contributed by atoms with E-state index in [1.807, 2.05) is 6.92 Å². The van der Waals surface area contributed by atoms with Crippen LogP contribution in [0.25, 0.3) is 0 Å². The zero-order chi connectivity index (χ0) is 8.81. The summed E-state index contributed by atoms with van der Waals surface area (Å²) in [5.41, 5.74) is 0. The van der Waals surface area contributed by atoms with Gasteiger partial charge in [0.05, 0.1) is 12.0 Å². The van der Waals surface area contributed by atoms with Gasteiger partial charge in [0.25, 0.3) is 0 Å². The highest BCUT2D eigenvalue weighted by molar-refractivity contribution is 4.82. The van der Waals surface area contributed by atoms with Crippen molar-refractivity contribution < 1.29 is 0 Å². The van der Waals surface area contributed by atoms with Crippen LogP contribution in [-0.4, -0.2) is 25.7 Å². The molecular weight excluding hydrogens is 150 g/mol. The highest BCUT2D eigenvalue weighted by Gasteiger charge is 2.12. The van der Waals surface area contributed by atoms with Crippen molar-refractivity contribution in [3.8, 4) is 6.07 Å². The molecule has 0 aromatic heterocycles. The van der Waals surface area contributed by atoms with E-state index in [0.717, 1.165) is 19.6 Å². The molecule has 0 aromatic carbocycles. The highest BCUT2D eigenvalue weighted by atomic mass is 15.0. The summed E-state index contributed by atoms with van der Waals surface area (Å²) in [5.74, 6) is 0.131. The number of nitrogens with one attached hydrogen (secondary N) is 2. The number of nitrogens with zero attached hydrogens (tertiary/aromatic N) is 1. The van der Waals surface area contributed by atoms with Crippen molar-refractivity contribution in [1.29, 1.82) is 5.26 Å². The fourth-order valence-corrected chi connectivity index (χ4v) is 1.45. The van der Waals surface area contributed by atoms with Crippen LogP contribution in [0.5, 0.6) is 0 Å². The predicted octanol–water partition coefficient (Wildman–Crippen LogP) is 0.488. The Hall–Kier alpha value is -0.590. The maximum Gasteiger partial charge on any atom is 0.0666 e. The Labute approximate surface area is 74.1 Å². The van der Waals surface area contributed by atoms with E-state index in [4.69, 9.17) is 5.26 Å². The Bertz CT molecular complexity index is 156. The summed E-state index contributed by atoms with van der Waals surface area (Å²) < 4.78 is 0. The molecule has 0 amide bonds. The van der Waals surface area contributed by atoms with E-state index in [2.05, 4.69) is 16.7 Å². The van der Waals surface area contributed by atoms with Gasteiger partial charge in [0.15, 0.2) is 0 Å². The molecule has 0 aromatic rings. The summed E-state index contributed by atoms with van der Waals surface area (Å²) in [7, 11) is 0. The van der Waals surface area contributed by atoms with Crippen LogP contribution < -0.4 is 10.6 Å². The molecule has 1 aliphatic heterocycles. The second-order valence-corrected chi connectivity index (χ2v) is 3.48. The first kappa shape index (κ1) is 9.50. The predicted molar refractivity (Wildman–Crippen MR) is 48.7 cm³/mol. The van der Waals surface area contributed by atoms with Crippen LogP contribution in [0.15, 0.2) is 0 Å². The first-order chi connectivity index (χ1) is 5.83. The van der Waals surface area contributed by atoms with Gasteiger partial charge in [-0.2, -0.15) is 5.26 Å². The topological polar surface area (TPSA) is 47.9 Å². The molecule has 3 heteroatoms. The van der Waals surface area contributed by atoms with Crippen LogP contribution in [0.3, 0.4) is 0 Å². The summed E-state index contributed by atoms with van der Waals surface area (Å²) in [5, 5.41) is 15.2.